The number of benzene rings is 2. The van der Waals surface area contributed by atoms with Crippen molar-refractivity contribution in [2.45, 2.75) is 6.92 Å². The van der Waals surface area contributed by atoms with E-state index in [0.717, 1.165) is 20.9 Å². The average Bonchev–Trinajstić information content (AvgIpc) is 3.15. The Balaban J connectivity index is 1.25. The molecule has 1 amide bonds. The highest BCUT2D eigenvalue weighted by Gasteiger charge is 2.34. The van der Waals surface area contributed by atoms with E-state index in [1.54, 1.807) is 11.3 Å². The highest BCUT2D eigenvalue weighted by molar-refractivity contribution is 7.22. The van der Waals surface area contributed by atoms with Crippen molar-refractivity contribution in [2.75, 3.05) is 23.3 Å². The second kappa shape index (κ2) is 6.03. The van der Waals surface area contributed by atoms with Crippen molar-refractivity contribution in [3.63, 3.8) is 0 Å². The summed E-state index contributed by atoms with van der Waals surface area (Å²) >= 11 is 3.20. The van der Waals surface area contributed by atoms with Crippen molar-refractivity contribution in [3.8, 4) is 0 Å². The fourth-order valence-corrected chi connectivity index (χ4v) is 5.04. The molecular formula is C19H16N4OS2. The van der Waals surface area contributed by atoms with Crippen LogP contribution in [0.15, 0.2) is 42.5 Å². The van der Waals surface area contributed by atoms with E-state index in [9.17, 15) is 4.79 Å². The molecule has 2 aromatic heterocycles. The van der Waals surface area contributed by atoms with Crippen LogP contribution < -0.4 is 10.2 Å². The molecular weight excluding hydrogens is 364 g/mol. The lowest BCUT2D eigenvalue weighted by atomic mass is 10.0. The second-order valence-corrected chi connectivity index (χ2v) is 8.59. The first-order chi connectivity index (χ1) is 12.7. The summed E-state index contributed by atoms with van der Waals surface area (Å²) in [7, 11) is 0. The SMILES string of the molecule is Cc1ccc2nc(NC(=O)C3CN(c4nc5ccccc5s4)C3)sc2c1. The summed E-state index contributed by atoms with van der Waals surface area (Å²) in [6.45, 7) is 3.47. The minimum Gasteiger partial charge on any atom is -0.346 e. The number of hydrogen-bond donors (Lipinski definition) is 1. The molecule has 1 fully saturated rings. The number of carbonyl (C=O) groups is 1. The monoisotopic (exact) mass is 380 g/mol. The summed E-state index contributed by atoms with van der Waals surface area (Å²) < 4.78 is 2.28. The number of hydrogen-bond acceptors (Lipinski definition) is 6. The van der Waals surface area contributed by atoms with Crippen LogP contribution in [0.3, 0.4) is 0 Å². The van der Waals surface area contributed by atoms with Crippen LogP contribution >= 0.6 is 22.7 Å². The molecule has 130 valence electrons. The van der Waals surface area contributed by atoms with Gasteiger partial charge < -0.3 is 10.2 Å². The molecule has 0 atom stereocenters. The van der Waals surface area contributed by atoms with E-state index in [1.807, 2.05) is 30.3 Å². The van der Waals surface area contributed by atoms with E-state index in [2.05, 4.69) is 39.2 Å². The number of thiazole rings is 2. The number of amides is 1. The molecule has 2 aromatic carbocycles. The van der Waals surface area contributed by atoms with Gasteiger partial charge in [0.2, 0.25) is 5.91 Å². The molecule has 1 N–H and O–H groups in total. The smallest absolute Gasteiger partial charge is 0.232 e. The zero-order chi connectivity index (χ0) is 17.7. The number of fused-ring (bicyclic) bond motifs is 2. The molecule has 4 aromatic rings. The number of carbonyl (C=O) groups excluding carboxylic acids is 1. The maximum Gasteiger partial charge on any atom is 0.232 e. The van der Waals surface area contributed by atoms with Crippen molar-refractivity contribution in [3.05, 3.63) is 48.0 Å². The van der Waals surface area contributed by atoms with Gasteiger partial charge in [-0.05, 0) is 36.8 Å². The first-order valence-electron chi connectivity index (χ1n) is 8.44. The van der Waals surface area contributed by atoms with E-state index < -0.39 is 0 Å². The van der Waals surface area contributed by atoms with Gasteiger partial charge in [0.05, 0.1) is 26.4 Å². The maximum atomic E-state index is 12.5. The van der Waals surface area contributed by atoms with Crippen molar-refractivity contribution in [1.29, 1.82) is 0 Å². The van der Waals surface area contributed by atoms with Gasteiger partial charge in [0.15, 0.2) is 10.3 Å². The number of anilines is 2. The van der Waals surface area contributed by atoms with Gasteiger partial charge in [-0.15, -0.1) is 0 Å². The first-order valence-corrected chi connectivity index (χ1v) is 10.1. The van der Waals surface area contributed by atoms with Crippen molar-refractivity contribution in [1.82, 2.24) is 9.97 Å². The van der Waals surface area contributed by atoms with Gasteiger partial charge in [-0.3, -0.25) is 4.79 Å². The van der Waals surface area contributed by atoms with Crippen LogP contribution in [0.25, 0.3) is 20.4 Å². The first kappa shape index (κ1) is 15.7. The van der Waals surface area contributed by atoms with E-state index in [1.165, 1.54) is 21.6 Å². The molecule has 3 heterocycles. The van der Waals surface area contributed by atoms with E-state index in [4.69, 9.17) is 0 Å². The Labute approximate surface area is 158 Å². The molecule has 1 aliphatic heterocycles. The number of nitrogens with zero attached hydrogens (tertiary/aromatic N) is 3. The van der Waals surface area contributed by atoms with Crippen LogP contribution in [0, 0.1) is 12.8 Å². The zero-order valence-corrected chi connectivity index (χ0v) is 15.7. The lowest BCUT2D eigenvalue weighted by Gasteiger charge is -2.37. The standard InChI is InChI=1S/C19H16N4OS2/c1-11-6-7-14-16(8-11)25-18(20-14)22-17(24)12-9-23(10-12)19-21-13-4-2-3-5-15(13)26-19/h2-8,12H,9-10H2,1H3,(H,20,22,24). The summed E-state index contributed by atoms with van der Waals surface area (Å²) in [6.07, 6.45) is 0. The lowest BCUT2D eigenvalue weighted by Crippen LogP contribution is -2.52. The van der Waals surface area contributed by atoms with Crippen LogP contribution in [-0.2, 0) is 4.79 Å². The Morgan fingerprint density at radius 2 is 1.88 bits per heavy atom. The number of nitrogens with one attached hydrogen (secondary N) is 1. The maximum absolute atomic E-state index is 12.5. The quantitative estimate of drug-likeness (QED) is 0.576. The minimum absolute atomic E-state index is 0.0178. The lowest BCUT2D eigenvalue weighted by molar-refractivity contribution is -0.120. The predicted octanol–water partition coefficient (Wildman–Crippen LogP) is 4.29. The summed E-state index contributed by atoms with van der Waals surface area (Å²) in [4.78, 5) is 23.8. The Morgan fingerprint density at radius 3 is 2.73 bits per heavy atom. The number of rotatable bonds is 3. The number of aryl methyl sites for hydroxylation is 1. The van der Waals surface area contributed by atoms with Gasteiger partial charge >= 0.3 is 0 Å². The molecule has 0 saturated carbocycles. The summed E-state index contributed by atoms with van der Waals surface area (Å²) in [5.41, 5.74) is 3.15. The van der Waals surface area contributed by atoms with Crippen LogP contribution in [0.1, 0.15) is 5.56 Å². The second-order valence-electron chi connectivity index (χ2n) is 6.55. The average molecular weight is 380 g/mol. The molecule has 0 radical (unpaired) electrons. The van der Waals surface area contributed by atoms with E-state index in [-0.39, 0.29) is 11.8 Å². The van der Waals surface area contributed by atoms with Crippen LogP contribution in [0.2, 0.25) is 0 Å². The van der Waals surface area contributed by atoms with E-state index in [0.29, 0.717) is 18.2 Å². The summed E-state index contributed by atoms with van der Waals surface area (Å²) in [5.74, 6) is 0.0221. The fourth-order valence-electron chi connectivity index (χ4n) is 3.09. The van der Waals surface area contributed by atoms with Crippen LogP contribution in [0.4, 0.5) is 10.3 Å². The summed E-state index contributed by atoms with van der Waals surface area (Å²) in [6, 6.07) is 14.3. The van der Waals surface area contributed by atoms with Gasteiger partial charge in [0, 0.05) is 13.1 Å². The molecule has 0 spiro atoms. The van der Waals surface area contributed by atoms with Gasteiger partial charge in [-0.1, -0.05) is 40.9 Å². The van der Waals surface area contributed by atoms with Crippen LogP contribution in [0.5, 0.6) is 0 Å². The molecule has 1 aliphatic rings. The fraction of sp³-hybridized carbons (Fsp3) is 0.211. The molecule has 7 heteroatoms. The molecule has 5 rings (SSSR count). The third kappa shape index (κ3) is 2.73. The largest absolute Gasteiger partial charge is 0.346 e. The molecule has 1 saturated heterocycles. The van der Waals surface area contributed by atoms with Gasteiger partial charge in [0.25, 0.3) is 0 Å². The molecule has 0 bridgehead atoms. The van der Waals surface area contributed by atoms with E-state index >= 15 is 0 Å². The normalized spacial score (nSPS) is 14.7. The molecule has 26 heavy (non-hydrogen) atoms. The van der Waals surface area contributed by atoms with Crippen molar-refractivity contribution in [2.24, 2.45) is 5.92 Å². The van der Waals surface area contributed by atoms with Gasteiger partial charge in [-0.25, -0.2) is 9.97 Å². The van der Waals surface area contributed by atoms with Gasteiger partial charge in [-0.2, -0.15) is 0 Å². The Hall–Kier alpha value is -2.51. The molecule has 5 nitrogen and oxygen atoms in total. The zero-order valence-electron chi connectivity index (χ0n) is 14.1. The molecule has 0 unspecified atom stereocenters. The third-order valence-corrected chi connectivity index (χ3v) is 6.61. The van der Waals surface area contributed by atoms with Crippen LogP contribution in [-0.4, -0.2) is 29.0 Å². The van der Waals surface area contributed by atoms with Crippen molar-refractivity contribution < 1.29 is 4.79 Å². The Morgan fingerprint density at radius 1 is 1.08 bits per heavy atom. The highest BCUT2D eigenvalue weighted by Crippen LogP contribution is 2.33. The Bertz CT molecular complexity index is 1090. The predicted molar refractivity (Wildman–Crippen MR) is 108 cm³/mol. The third-order valence-electron chi connectivity index (χ3n) is 4.58. The summed E-state index contributed by atoms with van der Waals surface area (Å²) in [5, 5.41) is 4.64. The van der Waals surface area contributed by atoms with Crippen molar-refractivity contribution >= 4 is 59.3 Å². The molecule has 0 aliphatic carbocycles. The highest BCUT2D eigenvalue weighted by atomic mass is 32.1. The number of para-hydroxylation sites is 1. The topological polar surface area (TPSA) is 58.1 Å². The number of aromatic nitrogens is 2. The van der Waals surface area contributed by atoms with Gasteiger partial charge in [0.1, 0.15) is 0 Å². The minimum atomic E-state index is -0.0178. The Kier molecular flexibility index (Phi) is 3.65.